The van der Waals surface area contributed by atoms with E-state index in [4.69, 9.17) is 0 Å². The van der Waals surface area contributed by atoms with E-state index in [1.165, 1.54) is 24.3 Å². The summed E-state index contributed by atoms with van der Waals surface area (Å²) in [5.41, 5.74) is 0.231. The summed E-state index contributed by atoms with van der Waals surface area (Å²) in [6.45, 7) is 0. The van der Waals surface area contributed by atoms with E-state index < -0.39 is 23.5 Å². The smallest absolute Gasteiger partial charge is 0.545 e. The van der Waals surface area contributed by atoms with Gasteiger partial charge in [-0.3, -0.25) is 9.59 Å². The summed E-state index contributed by atoms with van der Waals surface area (Å²) in [6.07, 6.45) is 0. The molecule has 1 aliphatic carbocycles. The van der Waals surface area contributed by atoms with Crippen LogP contribution in [0.2, 0.25) is 0 Å². The molecule has 3 rings (SSSR count). The SMILES string of the molecule is O=C([O-])c1ccc2c(c1)C(=O)C(=O)c1cc(C(=O)[O-])ccc1-2.[Li+].[Li+]. The van der Waals surface area contributed by atoms with Gasteiger partial charge in [-0.15, -0.1) is 0 Å². The van der Waals surface area contributed by atoms with Crippen LogP contribution in [-0.4, -0.2) is 23.5 Å². The van der Waals surface area contributed by atoms with Crippen molar-refractivity contribution in [2.75, 3.05) is 0 Å². The van der Waals surface area contributed by atoms with Gasteiger partial charge >= 0.3 is 37.7 Å². The standard InChI is InChI=1S/C16H8O6.2Li/c17-13-11-5-7(15(19)20)1-3-9(11)10-4-2-8(16(21)22)6-12(10)14(13)18;;/h1-6H,(H,19,20)(H,21,22);;/q;2*+1/p-2. The van der Waals surface area contributed by atoms with E-state index in [1.807, 2.05) is 0 Å². The zero-order valence-electron chi connectivity index (χ0n) is 12.9. The summed E-state index contributed by atoms with van der Waals surface area (Å²) in [6, 6.07) is 7.47. The molecule has 0 atom stereocenters. The average Bonchev–Trinajstić information content (AvgIpc) is 2.51. The van der Waals surface area contributed by atoms with Gasteiger partial charge in [-0.2, -0.15) is 0 Å². The van der Waals surface area contributed by atoms with E-state index in [1.54, 1.807) is 0 Å². The number of aromatic carboxylic acids is 2. The quantitative estimate of drug-likeness (QED) is 0.402. The number of carboxylic acid groups (broad SMARTS) is 2. The van der Waals surface area contributed by atoms with Crippen LogP contribution in [0.15, 0.2) is 36.4 Å². The number of carbonyl (C=O) groups is 4. The number of hydrogen-bond acceptors (Lipinski definition) is 6. The molecule has 0 radical (unpaired) electrons. The van der Waals surface area contributed by atoms with Crippen molar-refractivity contribution in [3.8, 4) is 11.1 Å². The van der Waals surface area contributed by atoms with Gasteiger partial charge in [-0.1, -0.05) is 24.3 Å². The van der Waals surface area contributed by atoms with Crippen LogP contribution in [0.25, 0.3) is 11.1 Å². The van der Waals surface area contributed by atoms with Crippen molar-refractivity contribution in [2.24, 2.45) is 0 Å². The number of benzene rings is 2. The minimum Gasteiger partial charge on any atom is -0.545 e. The molecule has 2 aromatic rings. The summed E-state index contributed by atoms with van der Waals surface area (Å²) < 4.78 is 0. The molecule has 0 spiro atoms. The number of fused-ring (bicyclic) bond motifs is 3. The summed E-state index contributed by atoms with van der Waals surface area (Å²) >= 11 is 0. The summed E-state index contributed by atoms with van der Waals surface area (Å²) in [7, 11) is 0. The fraction of sp³-hybridized carbons (Fsp3) is 0. The predicted octanol–water partition coefficient (Wildman–Crippen LogP) is -6.53. The van der Waals surface area contributed by atoms with Crippen LogP contribution in [-0.2, 0) is 0 Å². The average molecular weight is 308 g/mol. The first kappa shape index (κ1) is 20.0. The molecule has 2 aromatic carbocycles. The Morgan fingerprint density at radius 1 is 0.625 bits per heavy atom. The van der Waals surface area contributed by atoms with Crippen molar-refractivity contribution >= 4 is 23.5 Å². The Morgan fingerprint density at radius 2 is 0.958 bits per heavy atom. The molecule has 0 N–H and O–H groups in total. The maximum atomic E-state index is 12.1. The topological polar surface area (TPSA) is 114 Å². The maximum Gasteiger partial charge on any atom is 1.00 e. The number of hydrogen-bond donors (Lipinski definition) is 0. The van der Waals surface area contributed by atoms with E-state index in [-0.39, 0.29) is 60.0 Å². The van der Waals surface area contributed by atoms with Crippen molar-refractivity contribution in [3.63, 3.8) is 0 Å². The third-order valence-electron chi connectivity index (χ3n) is 3.50. The number of carbonyl (C=O) groups excluding carboxylic acids is 4. The molecule has 0 fully saturated rings. The van der Waals surface area contributed by atoms with Crippen molar-refractivity contribution in [2.45, 2.75) is 0 Å². The Morgan fingerprint density at radius 3 is 1.25 bits per heavy atom. The van der Waals surface area contributed by atoms with Crippen LogP contribution in [0.3, 0.4) is 0 Å². The molecule has 0 aliphatic heterocycles. The van der Waals surface area contributed by atoms with Crippen molar-refractivity contribution < 1.29 is 67.1 Å². The second kappa shape index (κ2) is 7.21. The second-order valence-corrected chi connectivity index (χ2v) is 4.75. The van der Waals surface area contributed by atoms with Gasteiger partial charge in [0, 0.05) is 11.1 Å². The summed E-state index contributed by atoms with van der Waals surface area (Å²) in [5, 5.41) is 21.7. The molecule has 108 valence electrons. The normalized spacial score (nSPS) is 11.5. The molecule has 0 heterocycles. The van der Waals surface area contributed by atoms with Crippen LogP contribution in [0, 0.1) is 0 Å². The maximum absolute atomic E-state index is 12.1. The van der Waals surface area contributed by atoms with Gasteiger partial charge in [0.25, 0.3) is 0 Å². The van der Waals surface area contributed by atoms with E-state index in [0.717, 1.165) is 12.1 Å². The van der Waals surface area contributed by atoms with Crippen LogP contribution < -0.4 is 47.9 Å². The van der Waals surface area contributed by atoms with Gasteiger partial charge < -0.3 is 19.8 Å². The monoisotopic (exact) mass is 308 g/mol. The number of ketones is 2. The second-order valence-electron chi connectivity index (χ2n) is 4.75. The molecule has 1 aliphatic rings. The van der Waals surface area contributed by atoms with Gasteiger partial charge in [0.1, 0.15) is 0 Å². The molecule has 0 aromatic heterocycles. The van der Waals surface area contributed by atoms with Crippen LogP contribution >= 0.6 is 0 Å². The predicted molar refractivity (Wildman–Crippen MR) is 69.2 cm³/mol. The fourth-order valence-corrected chi connectivity index (χ4v) is 2.43. The van der Waals surface area contributed by atoms with Gasteiger partial charge in [0.05, 0.1) is 11.9 Å². The van der Waals surface area contributed by atoms with Crippen molar-refractivity contribution in [3.05, 3.63) is 58.7 Å². The first-order chi connectivity index (χ1) is 10.4. The minimum absolute atomic E-state index is 0. The molecule has 0 saturated heterocycles. The van der Waals surface area contributed by atoms with E-state index >= 15 is 0 Å². The van der Waals surface area contributed by atoms with E-state index in [0.29, 0.717) is 11.1 Å². The molecule has 8 heteroatoms. The molecular weight excluding hydrogens is 302 g/mol. The van der Waals surface area contributed by atoms with Crippen molar-refractivity contribution in [1.29, 1.82) is 0 Å². The zero-order valence-corrected chi connectivity index (χ0v) is 12.9. The zero-order chi connectivity index (χ0) is 16.0. The molecular formula is C16H6Li2O6. The Balaban J connectivity index is 0.00000144. The third kappa shape index (κ3) is 3.10. The van der Waals surface area contributed by atoms with E-state index in [2.05, 4.69) is 0 Å². The molecule has 6 nitrogen and oxygen atoms in total. The van der Waals surface area contributed by atoms with Gasteiger partial charge in [0.15, 0.2) is 0 Å². The Hall–Kier alpha value is -2.09. The van der Waals surface area contributed by atoms with Crippen LogP contribution in [0.4, 0.5) is 0 Å². The molecule has 0 bridgehead atoms. The Labute approximate surface area is 160 Å². The molecule has 0 unspecified atom stereocenters. The minimum atomic E-state index is -1.46. The fourth-order valence-electron chi connectivity index (χ4n) is 2.43. The summed E-state index contributed by atoms with van der Waals surface area (Å²) in [4.78, 5) is 45.9. The first-order valence-corrected chi connectivity index (χ1v) is 6.20. The number of carboxylic acids is 2. The molecule has 0 amide bonds. The van der Waals surface area contributed by atoms with E-state index in [9.17, 15) is 29.4 Å². The van der Waals surface area contributed by atoms with Crippen molar-refractivity contribution in [1.82, 2.24) is 0 Å². The van der Waals surface area contributed by atoms with Crippen LogP contribution in [0.1, 0.15) is 41.4 Å². The van der Waals surface area contributed by atoms with Gasteiger partial charge in [0.2, 0.25) is 11.6 Å². The number of Topliss-reactive ketones (excluding diaryl/α,β-unsaturated/α-hetero) is 2. The largest absolute Gasteiger partial charge is 1.00 e. The number of rotatable bonds is 2. The van der Waals surface area contributed by atoms with Gasteiger partial charge in [-0.25, -0.2) is 0 Å². The van der Waals surface area contributed by atoms with Crippen LogP contribution in [0.5, 0.6) is 0 Å². The molecule has 24 heavy (non-hydrogen) atoms. The molecule has 0 saturated carbocycles. The third-order valence-corrected chi connectivity index (χ3v) is 3.50. The Kier molecular flexibility index (Phi) is 6.00. The summed E-state index contributed by atoms with van der Waals surface area (Å²) in [5.74, 6) is -4.69. The Bertz CT molecular complexity index is 815. The van der Waals surface area contributed by atoms with Gasteiger partial charge in [-0.05, 0) is 34.4 Å². The first-order valence-electron chi connectivity index (χ1n) is 6.20.